The van der Waals surface area contributed by atoms with Gasteiger partial charge in [-0.2, -0.15) is 0 Å². The number of rotatable bonds is 5. The minimum atomic E-state index is -0.415. The van der Waals surface area contributed by atoms with Crippen molar-refractivity contribution in [1.29, 1.82) is 0 Å². The van der Waals surface area contributed by atoms with E-state index in [9.17, 15) is 4.79 Å². The molecule has 2 aromatic rings. The summed E-state index contributed by atoms with van der Waals surface area (Å²) >= 11 is 12.5. The van der Waals surface area contributed by atoms with Crippen molar-refractivity contribution in [3.05, 3.63) is 57.6 Å². The van der Waals surface area contributed by atoms with Crippen molar-refractivity contribution in [2.75, 3.05) is 19.7 Å². The number of hydrogen-bond acceptors (Lipinski definition) is 5. The Morgan fingerprint density at radius 2 is 1.80 bits per heavy atom. The van der Waals surface area contributed by atoms with E-state index >= 15 is 0 Å². The zero-order valence-electron chi connectivity index (χ0n) is 20.6. The zero-order chi connectivity index (χ0) is 24.8. The van der Waals surface area contributed by atoms with Gasteiger partial charge >= 0.3 is 5.97 Å². The first-order valence-corrected chi connectivity index (χ1v) is 13.2. The second-order valence-corrected chi connectivity index (χ2v) is 11.9. The molecule has 0 unspecified atom stereocenters. The van der Waals surface area contributed by atoms with Crippen molar-refractivity contribution in [3.8, 4) is 11.5 Å². The first-order valence-electron chi connectivity index (χ1n) is 12.4. The molecule has 1 aliphatic carbocycles. The second-order valence-electron chi connectivity index (χ2n) is 11.1. The monoisotopic (exact) mass is 517 g/mol. The van der Waals surface area contributed by atoms with E-state index in [0.29, 0.717) is 29.3 Å². The van der Waals surface area contributed by atoms with Crippen LogP contribution in [0.2, 0.25) is 10.0 Å². The zero-order valence-corrected chi connectivity index (χ0v) is 22.1. The largest absolute Gasteiger partial charge is 0.492 e. The Morgan fingerprint density at radius 3 is 2.46 bits per heavy atom. The highest BCUT2D eigenvalue weighted by atomic mass is 35.5. The van der Waals surface area contributed by atoms with Crippen LogP contribution in [-0.2, 0) is 21.6 Å². The molecule has 1 spiro atoms. The molecule has 3 aliphatic rings. The van der Waals surface area contributed by atoms with E-state index in [1.807, 2.05) is 51.1 Å². The Bertz CT molecular complexity index is 1080. The molecular formula is C28H33Cl2NO4. The van der Waals surface area contributed by atoms with Gasteiger partial charge in [-0.3, -0.25) is 4.79 Å². The summed E-state index contributed by atoms with van der Waals surface area (Å²) in [4.78, 5) is 14.9. The molecule has 0 radical (unpaired) electrons. The summed E-state index contributed by atoms with van der Waals surface area (Å²) in [5.74, 6) is 1.66. The molecule has 188 valence electrons. The Kier molecular flexibility index (Phi) is 6.71. The quantitative estimate of drug-likeness (QED) is 0.428. The minimum absolute atomic E-state index is 0.0460. The standard InChI is InChI=1S/C28H33Cl2NO4/c1-27(2,3)35-26(32)18-13-19(14-18)31-11-9-28(10-12-31)17-34-25-15-20(7-8-22(25)28)33-16-21-23(29)5-4-6-24(21)30/h4-8,15,18-19H,9-14,16-17H2,1-3H3. The van der Waals surface area contributed by atoms with Gasteiger partial charge in [0.2, 0.25) is 0 Å². The fourth-order valence-corrected chi connectivity index (χ4v) is 5.97. The van der Waals surface area contributed by atoms with Crippen LogP contribution >= 0.6 is 23.2 Å². The average Bonchev–Trinajstić information content (AvgIpc) is 3.10. The molecule has 2 heterocycles. The van der Waals surface area contributed by atoms with Crippen LogP contribution in [0.1, 0.15) is 57.6 Å². The topological polar surface area (TPSA) is 48.0 Å². The molecule has 2 aromatic carbocycles. The molecule has 5 nitrogen and oxygen atoms in total. The van der Waals surface area contributed by atoms with Crippen LogP contribution < -0.4 is 9.47 Å². The second kappa shape index (κ2) is 9.49. The van der Waals surface area contributed by atoms with Gasteiger partial charge in [-0.1, -0.05) is 35.3 Å². The Hall–Kier alpha value is -1.95. The fraction of sp³-hybridized carbons (Fsp3) is 0.536. The molecule has 7 heteroatoms. The maximum Gasteiger partial charge on any atom is 0.309 e. The molecule has 0 atom stereocenters. The summed E-state index contributed by atoms with van der Waals surface area (Å²) in [6, 6.07) is 12.1. The van der Waals surface area contributed by atoms with Crippen LogP contribution in [-0.4, -0.2) is 42.2 Å². The normalized spacial score (nSPS) is 23.3. The van der Waals surface area contributed by atoms with E-state index in [0.717, 1.165) is 55.8 Å². The van der Waals surface area contributed by atoms with E-state index in [2.05, 4.69) is 11.0 Å². The van der Waals surface area contributed by atoms with Crippen molar-refractivity contribution in [2.45, 2.75) is 70.1 Å². The molecule has 35 heavy (non-hydrogen) atoms. The van der Waals surface area contributed by atoms with Gasteiger partial charge in [0.25, 0.3) is 0 Å². The number of fused-ring (bicyclic) bond motifs is 2. The molecule has 1 saturated carbocycles. The third-order valence-electron chi connectivity index (χ3n) is 7.60. The van der Waals surface area contributed by atoms with Gasteiger partial charge < -0.3 is 19.1 Å². The molecular weight excluding hydrogens is 485 g/mol. The van der Waals surface area contributed by atoms with Crippen LogP contribution in [0.4, 0.5) is 0 Å². The van der Waals surface area contributed by atoms with E-state index in [-0.39, 0.29) is 17.3 Å². The first-order chi connectivity index (χ1) is 16.6. The molecule has 0 bridgehead atoms. The first kappa shape index (κ1) is 24.7. The van der Waals surface area contributed by atoms with Crippen molar-refractivity contribution < 1.29 is 19.0 Å². The number of ether oxygens (including phenoxy) is 3. The summed E-state index contributed by atoms with van der Waals surface area (Å²) in [5.41, 5.74) is 1.71. The predicted octanol–water partition coefficient (Wildman–Crippen LogP) is 6.42. The third kappa shape index (κ3) is 5.14. The van der Waals surface area contributed by atoms with Crippen molar-refractivity contribution >= 4 is 29.2 Å². The number of carbonyl (C=O) groups excluding carboxylic acids is 1. The molecule has 2 aliphatic heterocycles. The van der Waals surface area contributed by atoms with Crippen LogP contribution in [0.25, 0.3) is 0 Å². The summed E-state index contributed by atoms with van der Waals surface area (Å²) in [6.07, 6.45) is 3.93. The number of hydrogen-bond donors (Lipinski definition) is 0. The Balaban J connectivity index is 1.16. The van der Waals surface area contributed by atoms with Gasteiger partial charge in [0.1, 0.15) is 23.7 Å². The van der Waals surface area contributed by atoms with Crippen molar-refractivity contribution in [1.82, 2.24) is 4.90 Å². The lowest BCUT2D eigenvalue weighted by Crippen LogP contribution is -2.53. The smallest absolute Gasteiger partial charge is 0.309 e. The lowest BCUT2D eigenvalue weighted by molar-refractivity contribution is -0.165. The maximum atomic E-state index is 12.3. The molecule has 0 amide bonds. The molecule has 1 saturated heterocycles. The number of nitrogens with zero attached hydrogens (tertiary/aromatic N) is 1. The fourth-order valence-electron chi connectivity index (χ4n) is 5.46. The number of halogens is 2. The summed E-state index contributed by atoms with van der Waals surface area (Å²) in [7, 11) is 0. The number of likely N-dealkylation sites (tertiary alicyclic amines) is 1. The number of piperidine rings is 1. The van der Waals surface area contributed by atoms with E-state index in [1.54, 1.807) is 0 Å². The highest BCUT2D eigenvalue weighted by Gasteiger charge is 2.47. The average molecular weight is 518 g/mol. The van der Waals surface area contributed by atoms with Crippen LogP contribution in [0.5, 0.6) is 11.5 Å². The van der Waals surface area contributed by atoms with Gasteiger partial charge in [-0.25, -0.2) is 0 Å². The predicted molar refractivity (Wildman–Crippen MR) is 138 cm³/mol. The molecule has 0 aromatic heterocycles. The number of esters is 1. The van der Waals surface area contributed by atoms with Crippen LogP contribution in [0.3, 0.4) is 0 Å². The third-order valence-corrected chi connectivity index (χ3v) is 8.31. The molecule has 5 rings (SSSR count). The Labute approximate surface area is 217 Å². The summed E-state index contributed by atoms with van der Waals surface area (Å²) in [5, 5.41) is 1.20. The van der Waals surface area contributed by atoms with E-state index < -0.39 is 5.60 Å². The van der Waals surface area contributed by atoms with Gasteiger partial charge in [0.05, 0.1) is 12.5 Å². The highest BCUT2D eigenvalue weighted by molar-refractivity contribution is 6.35. The minimum Gasteiger partial charge on any atom is -0.492 e. The number of carbonyl (C=O) groups is 1. The van der Waals surface area contributed by atoms with Crippen molar-refractivity contribution in [2.24, 2.45) is 5.92 Å². The van der Waals surface area contributed by atoms with Gasteiger partial charge in [-0.15, -0.1) is 0 Å². The summed E-state index contributed by atoms with van der Waals surface area (Å²) in [6.45, 7) is 8.85. The lowest BCUT2D eigenvalue weighted by Gasteiger charge is -2.47. The van der Waals surface area contributed by atoms with Crippen LogP contribution in [0, 0.1) is 5.92 Å². The van der Waals surface area contributed by atoms with Gasteiger partial charge in [0.15, 0.2) is 0 Å². The van der Waals surface area contributed by atoms with Gasteiger partial charge in [0, 0.05) is 38.7 Å². The lowest BCUT2D eigenvalue weighted by atomic mass is 9.72. The SMILES string of the molecule is CC(C)(C)OC(=O)C1CC(N2CCC3(CC2)COc2cc(OCc4c(Cl)cccc4Cl)ccc23)C1. The Morgan fingerprint density at radius 1 is 1.11 bits per heavy atom. The van der Waals surface area contributed by atoms with Crippen LogP contribution in [0.15, 0.2) is 36.4 Å². The summed E-state index contributed by atoms with van der Waals surface area (Å²) < 4.78 is 17.7. The van der Waals surface area contributed by atoms with Crippen molar-refractivity contribution in [3.63, 3.8) is 0 Å². The van der Waals surface area contributed by atoms with E-state index in [1.165, 1.54) is 5.56 Å². The maximum absolute atomic E-state index is 12.3. The molecule has 0 N–H and O–H groups in total. The van der Waals surface area contributed by atoms with E-state index in [4.69, 9.17) is 37.4 Å². The van der Waals surface area contributed by atoms with Gasteiger partial charge in [-0.05, 0) is 77.7 Å². The highest BCUT2D eigenvalue weighted by Crippen LogP contribution is 2.48. The molecule has 2 fully saturated rings. The number of benzene rings is 2.